The molecule has 0 N–H and O–H groups in total. The van der Waals surface area contributed by atoms with Gasteiger partial charge in [0.25, 0.3) is 0 Å². The highest BCUT2D eigenvalue weighted by molar-refractivity contribution is 7.92. The van der Waals surface area contributed by atoms with E-state index in [-0.39, 0.29) is 39.6 Å². The molecule has 0 unspecified atom stereocenters. The van der Waals surface area contributed by atoms with Gasteiger partial charge in [-0.1, -0.05) is 53.8 Å². The first kappa shape index (κ1) is 46.5. The van der Waals surface area contributed by atoms with Gasteiger partial charge in [-0.2, -0.15) is 0 Å². The molecule has 0 saturated heterocycles. The first-order valence-corrected chi connectivity index (χ1v) is 14.8. The number of rotatable bonds is 0. The first-order valence-electron chi connectivity index (χ1n) is 12.5. The van der Waals surface area contributed by atoms with E-state index in [0.29, 0.717) is 0 Å². The number of ketones is 1. The average Bonchev–Trinajstić information content (AvgIpc) is 2.56. The Kier molecular flexibility index (Phi) is 22.1. The molecule has 0 aromatic heterocycles. The van der Waals surface area contributed by atoms with Gasteiger partial charge in [0.05, 0.1) is 17.3 Å². The molecule has 0 spiro atoms. The topological polar surface area (TPSA) is 104 Å². The van der Waals surface area contributed by atoms with Crippen molar-refractivity contribution in [2.24, 2.45) is 16.2 Å². The highest BCUT2D eigenvalue weighted by Crippen LogP contribution is 2.15. The van der Waals surface area contributed by atoms with E-state index in [2.05, 4.69) is 25.5 Å². The summed E-state index contributed by atoms with van der Waals surface area (Å²) in [6, 6.07) is 0. The van der Waals surface area contributed by atoms with Crippen molar-refractivity contribution in [1.82, 2.24) is 0 Å². The van der Waals surface area contributed by atoms with Crippen LogP contribution in [0.5, 0.6) is 0 Å². The fraction of sp³-hybridized carbons (Fsp3) is 0.862. The molecule has 0 atom stereocenters. The van der Waals surface area contributed by atoms with Gasteiger partial charge in [0.1, 0.15) is 11.4 Å². The normalized spacial score (nSPS) is 11.8. The van der Waals surface area contributed by atoms with E-state index in [0.717, 1.165) is 4.86 Å². The van der Waals surface area contributed by atoms with E-state index in [1.165, 1.54) is 20.3 Å². The first-order chi connectivity index (χ1) is 16.0. The van der Waals surface area contributed by atoms with Gasteiger partial charge in [0.2, 0.25) is 0 Å². The van der Waals surface area contributed by atoms with Crippen molar-refractivity contribution in [1.29, 1.82) is 0 Å². The van der Waals surface area contributed by atoms with Crippen molar-refractivity contribution in [2.75, 3.05) is 13.4 Å². The van der Waals surface area contributed by atoms with Crippen molar-refractivity contribution < 1.29 is 32.3 Å². The molecule has 9 heteroatoms. The van der Waals surface area contributed by atoms with Crippen LogP contribution < -0.4 is 0 Å². The number of methoxy groups -OCH3 is 1. The minimum absolute atomic E-state index is 0.139. The third-order valence-electron chi connectivity index (χ3n) is 4.47. The smallest absolute Gasteiger partial charge is 0.310 e. The van der Waals surface area contributed by atoms with Crippen LogP contribution in [0.4, 0.5) is 0 Å². The molecule has 0 rings (SSSR count). The van der Waals surface area contributed by atoms with Gasteiger partial charge in [-0.15, -0.1) is 0 Å². The molecule has 0 radical (unpaired) electrons. The number of hydrogen-bond donors (Lipinski definition) is 0. The maximum atomic E-state index is 10.7. The maximum Gasteiger partial charge on any atom is 0.310 e. The van der Waals surface area contributed by atoms with Gasteiger partial charge in [-0.25, -0.2) is 8.42 Å². The lowest BCUT2D eigenvalue weighted by Gasteiger charge is -2.17. The van der Waals surface area contributed by atoms with E-state index in [1.807, 2.05) is 69.2 Å². The van der Waals surface area contributed by atoms with Crippen LogP contribution in [0.2, 0.25) is 0 Å². The highest BCUT2D eigenvalue weighted by atomic mass is 32.2. The summed E-state index contributed by atoms with van der Waals surface area (Å²) in [5, 5.41) is 0. The Morgan fingerprint density at radius 3 is 0.868 bits per heavy atom. The van der Waals surface area contributed by atoms with Gasteiger partial charge in [0, 0.05) is 18.6 Å². The Morgan fingerprint density at radius 1 is 0.632 bits per heavy atom. The molecular weight excluding hydrogens is 524 g/mol. The van der Waals surface area contributed by atoms with Crippen LogP contribution in [0, 0.1) is 16.2 Å². The second kappa shape index (κ2) is 18.1. The fourth-order valence-corrected chi connectivity index (χ4v) is 0.737. The molecule has 7 nitrogen and oxygen atoms in total. The van der Waals surface area contributed by atoms with Crippen LogP contribution in [0.15, 0.2) is 0 Å². The molecular formula is C29H60O7S2. The second-order valence-corrected chi connectivity index (χ2v) is 17.3. The van der Waals surface area contributed by atoms with E-state index in [9.17, 15) is 22.8 Å². The largest absolute Gasteiger partial charge is 0.469 e. The lowest BCUT2D eigenvalue weighted by Crippen LogP contribution is -2.26. The summed E-state index contributed by atoms with van der Waals surface area (Å²) >= 11 is 4.93. The van der Waals surface area contributed by atoms with Crippen molar-refractivity contribution in [2.45, 2.75) is 135 Å². The Bertz CT molecular complexity index is 797. The molecule has 0 aliphatic rings. The Morgan fingerprint density at radius 2 is 0.868 bits per heavy atom. The Balaban J connectivity index is -0.000000120. The number of thiocarbonyl (C=S) groups is 1. The molecule has 0 saturated carbocycles. The predicted molar refractivity (Wildman–Crippen MR) is 165 cm³/mol. The summed E-state index contributed by atoms with van der Waals surface area (Å²) in [7, 11) is -1.44. The lowest BCUT2D eigenvalue weighted by atomic mass is 9.92. The molecule has 0 fully saturated rings. The van der Waals surface area contributed by atoms with Gasteiger partial charge in [-0.3, -0.25) is 14.4 Å². The molecule has 0 heterocycles. The van der Waals surface area contributed by atoms with Crippen LogP contribution in [-0.4, -0.2) is 54.7 Å². The summed E-state index contributed by atoms with van der Waals surface area (Å²) in [6.07, 6.45) is 1.24. The molecule has 0 aliphatic heterocycles. The zero-order chi connectivity index (χ0) is 32.7. The third kappa shape index (κ3) is 36.8. The second-order valence-electron chi connectivity index (χ2n) is 13.9. The molecule has 38 heavy (non-hydrogen) atoms. The number of carbonyl (C=O) groups excluding carboxylic acids is 3. The summed E-state index contributed by atoms with van der Waals surface area (Å²) in [6.45, 7) is 33.1. The van der Waals surface area contributed by atoms with Crippen molar-refractivity contribution >= 4 is 44.6 Å². The molecule has 0 aliphatic carbocycles. The SMILES string of the molecule is CC(=O)C(C)(C)C.CC(=O)OC(C)(C)C.CC(=S)C(C)(C)C.CC(C)(C)S(C)(=O)=O.COC(=O)C(C)(C)C. The van der Waals surface area contributed by atoms with E-state index in [1.54, 1.807) is 27.7 Å². The van der Waals surface area contributed by atoms with Gasteiger partial charge in [0.15, 0.2) is 9.84 Å². The van der Waals surface area contributed by atoms with Crippen molar-refractivity contribution in [3.8, 4) is 0 Å². The minimum Gasteiger partial charge on any atom is -0.469 e. The standard InChI is InChI=1S/2C6H12O2.C6H12O.C6H12S.C5H12O2S/c1-6(2,3)5(7)8-4;1-5(7)8-6(2,3)4;2*1-5(7)6(2,3)4;1-5(2,3)8(4,6)7/h2*1-4H3;2*1-4H3;1-4H3. The minimum atomic E-state index is -2.84. The number of Topliss-reactive ketones (excluding diaryl/α,β-unsaturated/α-hetero) is 1. The van der Waals surface area contributed by atoms with E-state index in [4.69, 9.17) is 17.0 Å². The zero-order valence-electron chi connectivity index (χ0n) is 28.2. The predicted octanol–water partition coefficient (Wildman–Crippen LogP) is 7.43. The average molecular weight is 585 g/mol. The Labute approximate surface area is 241 Å². The monoisotopic (exact) mass is 584 g/mol. The van der Waals surface area contributed by atoms with E-state index < -0.39 is 14.6 Å². The highest BCUT2D eigenvalue weighted by Gasteiger charge is 2.23. The fourth-order valence-electron chi connectivity index (χ4n) is 0.737. The van der Waals surface area contributed by atoms with Crippen LogP contribution >= 0.6 is 12.2 Å². The quantitative estimate of drug-likeness (QED) is 0.214. The maximum absolute atomic E-state index is 10.7. The number of carbonyl (C=O) groups is 3. The third-order valence-corrected chi connectivity index (χ3v) is 7.31. The number of ether oxygens (including phenoxy) is 2. The molecule has 230 valence electrons. The summed E-state index contributed by atoms with van der Waals surface area (Å²) < 4.78 is 30.0. The molecule has 0 bridgehead atoms. The summed E-state index contributed by atoms with van der Waals surface area (Å²) in [4.78, 5) is 32.4. The molecule has 0 aromatic carbocycles. The Hall–Kier alpha value is -1.35. The van der Waals surface area contributed by atoms with E-state index >= 15 is 0 Å². The number of esters is 2. The summed E-state index contributed by atoms with van der Waals surface area (Å²) in [5.41, 5.74) is -0.587. The number of sulfone groups is 1. The van der Waals surface area contributed by atoms with Gasteiger partial charge in [-0.05, 0) is 86.4 Å². The van der Waals surface area contributed by atoms with Crippen LogP contribution in [0.3, 0.4) is 0 Å². The van der Waals surface area contributed by atoms with Crippen LogP contribution in [0.25, 0.3) is 0 Å². The van der Waals surface area contributed by atoms with Crippen LogP contribution in [-0.2, 0) is 33.7 Å². The van der Waals surface area contributed by atoms with Gasteiger partial charge >= 0.3 is 11.9 Å². The van der Waals surface area contributed by atoms with Crippen molar-refractivity contribution in [3.05, 3.63) is 0 Å². The van der Waals surface area contributed by atoms with Gasteiger partial charge < -0.3 is 9.47 Å². The zero-order valence-corrected chi connectivity index (χ0v) is 29.8. The lowest BCUT2D eigenvalue weighted by molar-refractivity contribution is -0.152. The molecule has 0 aromatic rings. The van der Waals surface area contributed by atoms with Crippen LogP contribution in [0.1, 0.15) is 125 Å². The van der Waals surface area contributed by atoms with Crippen molar-refractivity contribution in [3.63, 3.8) is 0 Å². The summed E-state index contributed by atoms with van der Waals surface area (Å²) in [5.74, 6) is -0.150. The number of hydrogen-bond acceptors (Lipinski definition) is 8. The molecule has 0 amide bonds.